The molecule has 0 saturated heterocycles. The van der Waals surface area contributed by atoms with Gasteiger partial charge in [0, 0.05) is 32.9 Å². The summed E-state index contributed by atoms with van der Waals surface area (Å²) in [5, 5.41) is 5.11. The normalized spacial score (nSPS) is 12.2. The Kier molecular flexibility index (Phi) is 5.68. The van der Waals surface area contributed by atoms with Crippen LogP contribution in [0.4, 0.5) is 5.69 Å². The molecule has 3 heteroatoms. The summed E-state index contributed by atoms with van der Waals surface area (Å²) in [5.41, 5.74) is 17.1. The van der Waals surface area contributed by atoms with Crippen molar-refractivity contribution >= 4 is 55.4 Å². The predicted octanol–water partition coefficient (Wildman–Crippen LogP) is 9.72. The third-order valence-corrected chi connectivity index (χ3v) is 8.35. The minimum atomic E-state index is 0.808. The summed E-state index contributed by atoms with van der Waals surface area (Å²) < 4.78 is 4.65. The zero-order chi connectivity index (χ0) is 28.0. The van der Waals surface area contributed by atoms with Crippen LogP contribution in [0.15, 0.2) is 146 Å². The Morgan fingerprint density at radius 2 is 0.976 bits per heavy atom. The lowest BCUT2D eigenvalue weighted by atomic mass is 10.0. The maximum Gasteiger partial charge on any atom is 0.0771 e. The summed E-state index contributed by atoms with van der Waals surface area (Å²) in [7, 11) is 0. The third-order valence-electron chi connectivity index (χ3n) is 8.35. The fourth-order valence-electron chi connectivity index (χ4n) is 6.55. The van der Waals surface area contributed by atoms with E-state index < -0.39 is 0 Å². The molecular formula is C39H29N3. The number of nitrogens with zero attached hydrogens (tertiary/aromatic N) is 2. The second kappa shape index (κ2) is 9.83. The van der Waals surface area contributed by atoms with Gasteiger partial charge in [-0.2, -0.15) is 0 Å². The molecule has 0 atom stereocenters. The number of anilines is 1. The zero-order valence-corrected chi connectivity index (χ0v) is 23.1. The number of hydrogen-bond donors (Lipinski definition) is 1. The zero-order valence-electron chi connectivity index (χ0n) is 23.1. The first kappa shape index (κ1) is 24.3. The highest BCUT2D eigenvalue weighted by Gasteiger charge is 2.18. The van der Waals surface area contributed by atoms with Crippen LogP contribution < -0.4 is 5.73 Å². The molecule has 42 heavy (non-hydrogen) atoms. The fourth-order valence-corrected chi connectivity index (χ4v) is 6.55. The Hall–Kier alpha value is -5.54. The molecule has 8 aromatic rings. The molecule has 1 aliphatic carbocycles. The smallest absolute Gasteiger partial charge is 0.0771 e. The van der Waals surface area contributed by atoms with Gasteiger partial charge < -0.3 is 14.9 Å². The van der Waals surface area contributed by atoms with Gasteiger partial charge in [0.05, 0.1) is 27.8 Å². The topological polar surface area (TPSA) is 35.9 Å². The first-order valence-corrected chi connectivity index (χ1v) is 14.4. The quantitative estimate of drug-likeness (QED) is 0.218. The number of fused-ring (bicyclic) bond motifs is 8. The van der Waals surface area contributed by atoms with Gasteiger partial charge in [0.15, 0.2) is 0 Å². The molecule has 2 aromatic heterocycles. The van der Waals surface area contributed by atoms with E-state index in [9.17, 15) is 0 Å². The third kappa shape index (κ3) is 3.75. The number of para-hydroxylation sites is 5. The van der Waals surface area contributed by atoms with Gasteiger partial charge in [-0.25, -0.2) is 0 Å². The number of rotatable bonds is 2. The van der Waals surface area contributed by atoms with Crippen LogP contribution in [0.5, 0.6) is 0 Å². The lowest BCUT2D eigenvalue weighted by molar-refractivity contribution is 1.15. The van der Waals surface area contributed by atoms with Crippen LogP contribution in [0.2, 0.25) is 0 Å². The van der Waals surface area contributed by atoms with Crippen molar-refractivity contribution in [2.75, 3.05) is 5.73 Å². The standard InChI is InChI=1S/C21H15N.C18H14N2/c1-2-8-16(9-3-1)22-20-12-5-4-10-18(20)19-14-13-15-7-6-11-17(15)21(19)22;19-16-11-6-10-15-14-9-4-5-12-17(14)20(18(15)16)13-7-2-1-3-8-13/h1-10,12-14H,11H2;1-12H,19H2. The van der Waals surface area contributed by atoms with Crippen molar-refractivity contribution < 1.29 is 0 Å². The summed E-state index contributed by atoms with van der Waals surface area (Å²) in [4.78, 5) is 0. The highest BCUT2D eigenvalue weighted by Crippen LogP contribution is 2.38. The van der Waals surface area contributed by atoms with Crippen LogP contribution in [0.1, 0.15) is 11.1 Å². The molecular weight excluding hydrogens is 510 g/mol. The summed E-state index contributed by atoms with van der Waals surface area (Å²) in [5.74, 6) is 0. The van der Waals surface area contributed by atoms with Gasteiger partial charge in [-0.3, -0.25) is 0 Å². The van der Waals surface area contributed by atoms with Crippen LogP contribution >= 0.6 is 0 Å². The van der Waals surface area contributed by atoms with Gasteiger partial charge in [0.25, 0.3) is 0 Å². The van der Waals surface area contributed by atoms with E-state index in [1.165, 1.54) is 54.9 Å². The monoisotopic (exact) mass is 539 g/mol. The Labute approximate surface area is 244 Å². The van der Waals surface area contributed by atoms with Crippen molar-refractivity contribution in [3.63, 3.8) is 0 Å². The van der Waals surface area contributed by atoms with Gasteiger partial charge in [-0.15, -0.1) is 0 Å². The minimum Gasteiger partial charge on any atom is -0.397 e. The number of benzene rings is 6. The maximum absolute atomic E-state index is 6.24. The van der Waals surface area contributed by atoms with E-state index in [2.05, 4.69) is 143 Å². The predicted molar refractivity (Wildman–Crippen MR) is 179 cm³/mol. The van der Waals surface area contributed by atoms with Crippen molar-refractivity contribution in [1.29, 1.82) is 0 Å². The first-order valence-electron chi connectivity index (χ1n) is 14.4. The molecule has 9 rings (SSSR count). The summed E-state index contributed by atoms with van der Waals surface area (Å²) in [6.45, 7) is 0. The summed E-state index contributed by atoms with van der Waals surface area (Å²) in [6.07, 6.45) is 5.52. The average molecular weight is 540 g/mol. The Balaban J connectivity index is 0.000000128. The van der Waals surface area contributed by atoms with Gasteiger partial charge in [-0.1, -0.05) is 109 Å². The summed E-state index contributed by atoms with van der Waals surface area (Å²) >= 11 is 0. The van der Waals surface area contributed by atoms with Gasteiger partial charge >= 0.3 is 0 Å². The highest BCUT2D eigenvalue weighted by molar-refractivity contribution is 6.13. The van der Waals surface area contributed by atoms with Crippen molar-refractivity contribution in [2.45, 2.75) is 6.42 Å². The number of aromatic nitrogens is 2. The number of nitrogens with two attached hydrogens (primary N) is 1. The Morgan fingerprint density at radius 1 is 0.452 bits per heavy atom. The molecule has 3 nitrogen and oxygen atoms in total. The van der Waals surface area contributed by atoms with Gasteiger partial charge in [0.2, 0.25) is 0 Å². The molecule has 0 aliphatic heterocycles. The number of hydrogen-bond acceptors (Lipinski definition) is 1. The maximum atomic E-state index is 6.24. The second-order valence-electron chi connectivity index (χ2n) is 10.8. The molecule has 2 heterocycles. The van der Waals surface area contributed by atoms with E-state index in [0.29, 0.717) is 0 Å². The molecule has 6 aromatic carbocycles. The van der Waals surface area contributed by atoms with Crippen molar-refractivity contribution in [3.05, 3.63) is 157 Å². The molecule has 0 unspecified atom stereocenters. The van der Waals surface area contributed by atoms with Gasteiger partial charge in [-0.05, 0) is 60.0 Å². The Morgan fingerprint density at radius 3 is 1.62 bits per heavy atom. The lowest BCUT2D eigenvalue weighted by Gasteiger charge is -2.10. The molecule has 0 fully saturated rings. The van der Waals surface area contributed by atoms with Crippen LogP contribution in [-0.4, -0.2) is 9.13 Å². The highest BCUT2D eigenvalue weighted by atomic mass is 15.0. The van der Waals surface area contributed by atoms with Gasteiger partial charge in [0.1, 0.15) is 0 Å². The molecule has 0 spiro atoms. The lowest BCUT2D eigenvalue weighted by Crippen LogP contribution is -1.96. The van der Waals surface area contributed by atoms with E-state index in [4.69, 9.17) is 5.73 Å². The van der Waals surface area contributed by atoms with Crippen LogP contribution in [-0.2, 0) is 6.42 Å². The van der Waals surface area contributed by atoms with Crippen LogP contribution in [0, 0.1) is 0 Å². The number of allylic oxidation sites excluding steroid dienone is 1. The van der Waals surface area contributed by atoms with E-state index in [1.54, 1.807) is 0 Å². The minimum absolute atomic E-state index is 0.808. The molecule has 0 saturated carbocycles. The fraction of sp³-hybridized carbons (Fsp3) is 0.0256. The average Bonchev–Trinajstić information content (AvgIpc) is 3.75. The molecule has 1 aliphatic rings. The molecule has 200 valence electrons. The molecule has 0 radical (unpaired) electrons. The van der Waals surface area contributed by atoms with E-state index >= 15 is 0 Å². The van der Waals surface area contributed by atoms with Crippen LogP contribution in [0.25, 0.3) is 61.1 Å². The van der Waals surface area contributed by atoms with E-state index in [1.807, 2.05) is 18.2 Å². The van der Waals surface area contributed by atoms with Crippen LogP contribution in [0.3, 0.4) is 0 Å². The molecule has 0 amide bonds. The van der Waals surface area contributed by atoms with Crippen molar-refractivity contribution in [2.24, 2.45) is 0 Å². The Bertz CT molecular complexity index is 2270. The second-order valence-corrected chi connectivity index (χ2v) is 10.8. The van der Waals surface area contributed by atoms with E-state index in [-0.39, 0.29) is 0 Å². The van der Waals surface area contributed by atoms with Crippen molar-refractivity contribution in [3.8, 4) is 11.4 Å². The molecule has 2 N–H and O–H groups in total. The molecule has 0 bridgehead atoms. The number of nitrogen functional groups attached to an aromatic ring is 1. The SMILES string of the molecule is C1=Cc2ccc3c4ccccc4n(-c4ccccc4)c3c2C1.Nc1cccc2c3ccccc3n(-c3ccccc3)c12. The van der Waals surface area contributed by atoms with E-state index in [0.717, 1.165) is 23.3 Å². The van der Waals surface area contributed by atoms with Crippen molar-refractivity contribution in [1.82, 2.24) is 9.13 Å². The summed E-state index contributed by atoms with van der Waals surface area (Å²) in [6, 6.07) is 48.8. The first-order chi connectivity index (χ1) is 20.8. The largest absolute Gasteiger partial charge is 0.397 e.